The first-order chi connectivity index (χ1) is 19.0. The summed E-state index contributed by atoms with van der Waals surface area (Å²) in [6, 6.07) is 15.8. The summed E-state index contributed by atoms with van der Waals surface area (Å²) in [5.41, 5.74) is 2.79. The van der Waals surface area contributed by atoms with Crippen molar-refractivity contribution in [1.82, 2.24) is 10.2 Å². The van der Waals surface area contributed by atoms with Crippen molar-refractivity contribution >= 4 is 60.8 Å². The van der Waals surface area contributed by atoms with Crippen LogP contribution in [0.4, 0.5) is 0 Å². The highest BCUT2D eigenvalue weighted by Gasteiger charge is 2.35. The van der Waals surface area contributed by atoms with Gasteiger partial charge in [-0.1, -0.05) is 63.4 Å². The van der Waals surface area contributed by atoms with E-state index in [0.717, 1.165) is 74.3 Å². The molecular formula is C33H30N2O4. The number of benzene rings is 5. The van der Waals surface area contributed by atoms with E-state index in [1.54, 1.807) is 0 Å². The lowest BCUT2D eigenvalue weighted by atomic mass is 9.83. The molecule has 6 heteroatoms. The average Bonchev–Trinajstić information content (AvgIpc) is 2.95. The van der Waals surface area contributed by atoms with Crippen molar-refractivity contribution in [3.8, 4) is 0 Å². The molecule has 3 amide bonds. The highest BCUT2D eigenvalue weighted by atomic mass is 16.5. The highest BCUT2D eigenvalue weighted by Crippen LogP contribution is 2.45. The van der Waals surface area contributed by atoms with Gasteiger partial charge in [0, 0.05) is 34.0 Å². The number of hydrogen-bond acceptors (Lipinski definition) is 4. The molecule has 7 rings (SSSR count). The van der Waals surface area contributed by atoms with E-state index in [2.05, 4.69) is 25.2 Å². The zero-order valence-electron chi connectivity index (χ0n) is 22.2. The lowest BCUT2D eigenvalue weighted by molar-refractivity contribution is 0.0579. The molecule has 39 heavy (non-hydrogen) atoms. The van der Waals surface area contributed by atoms with Crippen LogP contribution < -0.4 is 5.32 Å². The number of rotatable bonds is 6. The number of fused-ring (bicyclic) bond motifs is 2. The van der Waals surface area contributed by atoms with E-state index in [9.17, 15) is 14.4 Å². The topological polar surface area (TPSA) is 75.7 Å². The van der Waals surface area contributed by atoms with Crippen LogP contribution in [0.1, 0.15) is 76.2 Å². The molecule has 0 aliphatic carbocycles. The van der Waals surface area contributed by atoms with Crippen LogP contribution in [-0.4, -0.2) is 35.9 Å². The number of carbonyl (C=O) groups is 3. The van der Waals surface area contributed by atoms with Crippen molar-refractivity contribution < 1.29 is 19.1 Å². The minimum Gasteiger partial charge on any atom is -0.357 e. The van der Waals surface area contributed by atoms with Gasteiger partial charge in [0.25, 0.3) is 17.7 Å². The van der Waals surface area contributed by atoms with Crippen molar-refractivity contribution in [2.24, 2.45) is 5.92 Å². The molecule has 2 aliphatic heterocycles. The quantitative estimate of drug-likeness (QED) is 0.153. The summed E-state index contributed by atoms with van der Waals surface area (Å²) in [7, 11) is 0. The minimum atomic E-state index is -0.205. The minimum absolute atomic E-state index is 0.156. The first kappa shape index (κ1) is 24.0. The van der Waals surface area contributed by atoms with Crippen molar-refractivity contribution in [3.05, 3.63) is 70.8 Å². The maximum absolute atomic E-state index is 13.8. The molecule has 2 aliphatic rings. The molecule has 0 saturated carbocycles. The van der Waals surface area contributed by atoms with Gasteiger partial charge in [-0.2, -0.15) is 0 Å². The van der Waals surface area contributed by atoms with E-state index in [1.807, 2.05) is 42.5 Å². The first-order valence-corrected chi connectivity index (χ1v) is 13.9. The summed E-state index contributed by atoms with van der Waals surface area (Å²) in [5, 5.41) is 10.4. The van der Waals surface area contributed by atoms with Gasteiger partial charge >= 0.3 is 0 Å². The first-order valence-electron chi connectivity index (χ1n) is 13.9. The van der Waals surface area contributed by atoms with Gasteiger partial charge in [-0.25, -0.2) is 0 Å². The van der Waals surface area contributed by atoms with Gasteiger partial charge in [-0.05, 0) is 68.4 Å². The van der Waals surface area contributed by atoms with E-state index < -0.39 is 0 Å². The van der Waals surface area contributed by atoms with E-state index in [4.69, 9.17) is 4.74 Å². The van der Waals surface area contributed by atoms with Gasteiger partial charge < -0.3 is 10.1 Å². The Bertz CT molecular complexity index is 1770. The molecule has 0 bridgehead atoms. The smallest absolute Gasteiger partial charge is 0.261 e. The van der Waals surface area contributed by atoms with Crippen molar-refractivity contribution in [3.63, 3.8) is 0 Å². The molecule has 1 unspecified atom stereocenters. The third-order valence-corrected chi connectivity index (χ3v) is 8.76. The fourth-order valence-electron chi connectivity index (χ4n) is 6.72. The fourth-order valence-corrected chi connectivity index (χ4v) is 6.72. The molecule has 2 heterocycles. The Morgan fingerprint density at radius 2 is 1.36 bits per heavy atom. The molecule has 1 atom stereocenters. The van der Waals surface area contributed by atoms with E-state index in [0.29, 0.717) is 35.8 Å². The third-order valence-electron chi connectivity index (χ3n) is 8.76. The molecule has 6 nitrogen and oxygen atoms in total. The Balaban J connectivity index is 1.48. The van der Waals surface area contributed by atoms with Crippen LogP contribution in [0.3, 0.4) is 0 Å². The molecule has 0 spiro atoms. The second-order valence-electron chi connectivity index (χ2n) is 10.9. The van der Waals surface area contributed by atoms with Crippen LogP contribution in [0.5, 0.6) is 0 Å². The summed E-state index contributed by atoms with van der Waals surface area (Å²) in [5.74, 6) is -0.267. The van der Waals surface area contributed by atoms with E-state index >= 15 is 0 Å². The lowest BCUT2D eigenvalue weighted by Crippen LogP contribution is -2.43. The Kier molecular flexibility index (Phi) is 5.56. The zero-order chi connectivity index (χ0) is 26.8. The predicted molar refractivity (Wildman–Crippen MR) is 153 cm³/mol. The van der Waals surface area contributed by atoms with Gasteiger partial charge in [-0.3, -0.25) is 19.3 Å². The van der Waals surface area contributed by atoms with Crippen LogP contribution in [0.25, 0.3) is 43.1 Å². The Morgan fingerprint density at radius 1 is 0.769 bits per heavy atom. The molecular weight excluding hydrogens is 488 g/mol. The summed E-state index contributed by atoms with van der Waals surface area (Å²) in [4.78, 5) is 42.0. The molecule has 5 aromatic rings. The molecule has 196 valence electrons. The van der Waals surface area contributed by atoms with Gasteiger partial charge in [-0.15, -0.1) is 0 Å². The lowest BCUT2D eigenvalue weighted by Gasteiger charge is -2.31. The fraction of sp³-hybridized carbons (Fsp3) is 0.303. The number of hydrogen-bond donors (Lipinski definition) is 1. The maximum Gasteiger partial charge on any atom is 0.261 e. The average molecular weight is 519 g/mol. The Hall–Kier alpha value is -4.03. The SMILES string of the molecule is CCCCC(CC)CN1C(=O)c2ccc3c4ccc5c6c(ccc(c7ccc(c2c37)C1=O)c64)C(=O)NCOC5. The highest BCUT2D eigenvalue weighted by molar-refractivity contribution is 6.39. The monoisotopic (exact) mass is 518 g/mol. The van der Waals surface area contributed by atoms with E-state index in [-0.39, 0.29) is 24.5 Å². The summed E-state index contributed by atoms with van der Waals surface area (Å²) in [6.45, 7) is 5.33. The molecule has 5 aromatic carbocycles. The number of unbranched alkanes of at least 4 members (excludes halogenated alkanes) is 1. The van der Waals surface area contributed by atoms with Crippen LogP contribution in [-0.2, 0) is 11.3 Å². The van der Waals surface area contributed by atoms with E-state index in [1.165, 1.54) is 4.90 Å². The number of carbonyl (C=O) groups excluding carboxylic acids is 3. The van der Waals surface area contributed by atoms with Crippen LogP contribution in [0, 0.1) is 5.92 Å². The maximum atomic E-state index is 13.8. The Labute approximate surface area is 226 Å². The standard InChI is InChI=1S/C33H30N2O4/c1-3-5-6-18(4-2)15-35-32(37)25-13-10-22-20-8-7-19-16-39-17-34-31(36)24-12-9-21(28(20)27(19)24)23-11-14-26(33(35)38)30(25)29(22)23/h7-14,18H,3-6,15-17H2,1-2H3,(H,34,36). The molecule has 1 N–H and O–H groups in total. The predicted octanol–water partition coefficient (Wildman–Crippen LogP) is 6.77. The van der Waals surface area contributed by atoms with Gasteiger partial charge in [0.2, 0.25) is 0 Å². The van der Waals surface area contributed by atoms with Crippen LogP contribution in [0.2, 0.25) is 0 Å². The largest absolute Gasteiger partial charge is 0.357 e. The van der Waals surface area contributed by atoms with Crippen molar-refractivity contribution in [2.45, 2.75) is 46.1 Å². The summed E-state index contributed by atoms with van der Waals surface area (Å²) in [6.07, 6.45) is 4.14. The normalized spacial score (nSPS) is 16.4. The Morgan fingerprint density at radius 3 is 1.97 bits per heavy atom. The zero-order valence-corrected chi connectivity index (χ0v) is 22.2. The van der Waals surface area contributed by atoms with Crippen molar-refractivity contribution in [2.75, 3.05) is 13.3 Å². The molecule has 0 fully saturated rings. The second kappa shape index (κ2) is 9.02. The van der Waals surface area contributed by atoms with Crippen LogP contribution in [0.15, 0.2) is 48.5 Å². The van der Waals surface area contributed by atoms with Gasteiger partial charge in [0.1, 0.15) is 6.73 Å². The second-order valence-corrected chi connectivity index (χ2v) is 10.9. The molecule has 0 aromatic heterocycles. The van der Waals surface area contributed by atoms with Crippen LogP contribution >= 0.6 is 0 Å². The molecule has 0 saturated heterocycles. The number of amides is 3. The summed E-state index contributed by atoms with van der Waals surface area (Å²) < 4.78 is 5.68. The third kappa shape index (κ3) is 3.41. The molecule has 0 radical (unpaired) electrons. The van der Waals surface area contributed by atoms with Gasteiger partial charge in [0.05, 0.1) is 6.61 Å². The number of nitrogens with zero attached hydrogens (tertiary/aromatic N) is 1. The summed E-state index contributed by atoms with van der Waals surface area (Å²) >= 11 is 0. The number of ether oxygens (including phenoxy) is 1. The van der Waals surface area contributed by atoms with Gasteiger partial charge in [0.15, 0.2) is 0 Å². The number of nitrogens with one attached hydrogen (secondary N) is 1. The number of imide groups is 1. The van der Waals surface area contributed by atoms with Crippen molar-refractivity contribution in [1.29, 1.82) is 0 Å².